The van der Waals surface area contributed by atoms with E-state index in [1.165, 1.54) is 19.3 Å². The quantitative estimate of drug-likeness (QED) is 0.536. The van der Waals surface area contributed by atoms with Gasteiger partial charge >= 0.3 is 0 Å². The highest BCUT2D eigenvalue weighted by Crippen LogP contribution is 2.28. The van der Waals surface area contributed by atoms with Gasteiger partial charge in [-0.25, -0.2) is 15.0 Å². The van der Waals surface area contributed by atoms with Crippen LogP contribution in [0.15, 0.2) is 35.4 Å². The molecule has 1 aromatic carbocycles. The van der Waals surface area contributed by atoms with Crippen molar-refractivity contribution in [3.05, 3.63) is 40.9 Å². The van der Waals surface area contributed by atoms with E-state index >= 15 is 0 Å². The molecule has 6 nitrogen and oxygen atoms in total. The molecular formula is C19H19N5O. The summed E-state index contributed by atoms with van der Waals surface area (Å²) in [6, 6.07) is 8.00. The second-order valence-electron chi connectivity index (χ2n) is 6.89. The number of benzene rings is 1. The molecular weight excluding hydrogens is 314 g/mol. The highest BCUT2D eigenvalue weighted by molar-refractivity contribution is 6.04. The maximum absolute atomic E-state index is 13.2. The van der Waals surface area contributed by atoms with Crippen LogP contribution in [0, 0.1) is 0 Å². The van der Waals surface area contributed by atoms with Crippen LogP contribution < -0.4 is 5.56 Å². The first-order valence-corrected chi connectivity index (χ1v) is 8.86. The smallest absolute Gasteiger partial charge is 0.265 e. The van der Waals surface area contributed by atoms with E-state index in [4.69, 9.17) is 9.97 Å². The maximum Gasteiger partial charge on any atom is 0.265 e. The van der Waals surface area contributed by atoms with Crippen LogP contribution in [0.3, 0.4) is 0 Å². The molecule has 0 amide bonds. The van der Waals surface area contributed by atoms with Gasteiger partial charge in [0.05, 0.1) is 11.0 Å². The Hall–Kier alpha value is -2.76. The SMILES string of the molecule is Cn1c2nc3ccccc3nc2c2c(=O)n(C3CCCCC3)cnc21. The summed E-state index contributed by atoms with van der Waals surface area (Å²) in [4.78, 5) is 27.3. The normalized spacial score (nSPS) is 16.2. The number of rotatable bonds is 1. The molecule has 1 saturated carbocycles. The zero-order chi connectivity index (χ0) is 17.0. The zero-order valence-electron chi connectivity index (χ0n) is 14.1. The Balaban J connectivity index is 1.85. The summed E-state index contributed by atoms with van der Waals surface area (Å²) in [5, 5.41) is 0.587. The third kappa shape index (κ3) is 2.10. The lowest BCUT2D eigenvalue weighted by Crippen LogP contribution is -2.26. The van der Waals surface area contributed by atoms with Crippen molar-refractivity contribution in [2.45, 2.75) is 38.1 Å². The number of fused-ring (bicyclic) bond motifs is 4. The van der Waals surface area contributed by atoms with E-state index in [-0.39, 0.29) is 11.6 Å². The molecule has 3 heterocycles. The van der Waals surface area contributed by atoms with E-state index in [0.29, 0.717) is 22.2 Å². The van der Waals surface area contributed by atoms with Gasteiger partial charge in [0.2, 0.25) is 0 Å². The topological polar surface area (TPSA) is 65.6 Å². The molecule has 3 aromatic heterocycles. The fourth-order valence-electron chi connectivity index (χ4n) is 4.03. The van der Waals surface area contributed by atoms with Crippen molar-refractivity contribution in [3.63, 3.8) is 0 Å². The van der Waals surface area contributed by atoms with Crippen LogP contribution >= 0.6 is 0 Å². The average molecular weight is 333 g/mol. The molecule has 0 N–H and O–H groups in total. The van der Waals surface area contributed by atoms with Gasteiger partial charge in [-0.1, -0.05) is 31.4 Å². The highest BCUT2D eigenvalue weighted by Gasteiger charge is 2.22. The minimum absolute atomic E-state index is 0.00656. The van der Waals surface area contributed by atoms with Gasteiger partial charge in [0.1, 0.15) is 17.2 Å². The van der Waals surface area contributed by atoms with Crippen LogP contribution in [0.2, 0.25) is 0 Å². The molecule has 4 aromatic rings. The van der Waals surface area contributed by atoms with E-state index < -0.39 is 0 Å². The molecule has 1 aliphatic carbocycles. The Morgan fingerprint density at radius 2 is 1.72 bits per heavy atom. The van der Waals surface area contributed by atoms with Gasteiger partial charge in [0, 0.05) is 13.1 Å². The van der Waals surface area contributed by atoms with Crippen LogP contribution in [0.4, 0.5) is 0 Å². The van der Waals surface area contributed by atoms with E-state index in [2.05, 4.69) is 4.98 Å². The summed E-state index contributed by atoms with van der Waals surface area (Å²) in [6.45, 7) is 0. The molecule has 0 radical (unpaired) electrons. The van der Waals surface area contributed by atoms with Crippen LogP contribution in [0.25, 0.3) is 33.2 Å². The van der Waals surface area contributed by atoms with Gasteiger partial charge in [-0.15, -0.1) is 0 Å². The summed E-state index contributed by atoms with van der Waals surface area (Å²) in [7, 11) is 1.89. The monoisotopic (exact) mass is 333 g/mol. The van der Waals surface area contributed by atoms with Crippen molar-refractivity contribution < 1.29 is 0 Å². The lowest BCUT2D eigenvalue weighted by Gasteiger charge is -2.23. The van der Waals surface area contributed by atoms with Gasteiger partial charge in [0.15, 0.2) is 11.3 Å². The summed E-state index contributed by atoms with van der Waals surface area (Å²) in [5.41, 5.74) is 3.65. The van der Waals surface area contributed by atoms with Gasteiger partial charge in [0.25, 0.3) is 5.56 Å². The standard InChI is InChI=1S/C19H19N5O/c1-23-17-15(16-18(23)22-14-10-6-5-9-13(14)21-16)19(25)24(11-20-17)12-7-3-2-4-8-12/h5-6,9-12H,2-4,7-8H2,1H3. The number of aromatic nitrogens is 5. The van der Waals surface area contributed by atoms with Crippen molar-refractivity contribution in [1.29, 1.82) is 0 Å². The van der Waals surface area contributed by atoms with Gasteiger partial charge in [-0.3, -0.25) is 9.36 Å². The molecule has 5 rings (SSSR count). The molecule has 0 saturated heterocycles. The predicted octanol–water partition coefficient (Wildman–Crippen LogP) is 3.34. The fraction of sp³-hybridized carbons (Fsp3) is 0.368. The van der Waals surface area contributed by atoms with E-state index in [9.17, 15) is 4.79 Å². The average Bonchev–Trinajstić information content (AvgIpc) is 2.93. The predicted molar refractivity (Wildman–Crippen MR) is 97.7 cm³/mol. The van der Waals surface area contributed by atoms with Crippen molar-refractivity contribution in [2.24, 2.45) is 7.05 Å². The molecule has 0 unspecified atom stereocenters. The zero-order valence-corrected chi connectivity index (χ0v) is 14.1. The van der Waals surface area contributed by atoms with Gasteiger partial charge < -0.3 is 4.57 Å². The molecule has 0 atom stereocenters. The molecule has 1 aliphatic rings. The number of hydrogen-bond acceptors (Lipinski definition) is 4. The molecule has 0 bridgehead atoms. The lowest BCUT2D eigenvalue weighted by atomic mass is 9.95. The van der Waals surface area contributed by atoms with Gasteiger partial charge in [-0.05, 0) is 25.0 Å². The van der Waals surface area contributed by atoms with Crippen LogP contribution in [0.1, 0.15) is 38.1 Å². The molecule has 1 fully saturated rings. The summed E-state index contributed by atoms with van der Waals surface area (Å²) in [5.74, 6) is 0. The Labute approximate surface area is 144 Å². The van der Waals surface area contributed by atoms with Crippen LogP contribution in [0.5, 0.6) is 0 Å². The van der Waals surface area contributed by atoms with E-state index in [1.54, 1.807) is 6.33 Å². The fourth-order valence-corrected chi connectivity index (χ4v) is 4.03. The molecule has 25 heavy (non-hydrogen) atoms. The van der Waals surface area contributed by atoms with E-state index in [0.717, 1.165) is 23.9 Å². The van der Waals surface area contributed by atoms with Crippen molar-refractivity contribution in [2.75, 3.05) is 0 Å². The van der Waals surface area contributed by atoms with Crippen molar-refractivity contribution >= 4 is 33.2 Å². The summed E-state index contributed by atoms with van der Waals surface area (Å²) >= 11 is 0. The molecule has 0 aliphatic heterocycles. The third-order valence-electron chi connectivity index (χ3n) is 5.37. The Kier molecular flexibility index (Phi) is 3.13. The van der Waals surface area contributed by atoms with Crippen LogP contribution in [-0.4, -0.2) is 24.1 Å². The van der Waals surface area contributed by atoms with E-state index in [1.807, 2.05) is 40.4 Å². The Morgan fingerprint density at radius 3 is 2.48 bits per heavy atom. The van der Waals surface area contributed by atoms with Crippen LogP contribution in [-0.2, 0) is 7.05 Å². The summed E-state index contributed by atoms with van der Waals surface area (Å²) < 4.78 is 3.69. The lowest BCUT2D eigenvalue weighted by molar-refractivity contribution is 0.345. The first-order valence-electron chi connectivity index (χ1n) is 8.86. The third-order valence-corrected chi connectivity index (χ3v) is 5.37. The number of para-hydroxylation sites is 2. The minimum atomic E-state index is 0.00656. The molecule has 126 valence electrons. The largest absolute Gasteiger partial charge is 0.312 e. The van der Waals surface area contributed by atoms with Crippen molar-refractivity contribution in [1.82, 2.24) is 24.1 Å². The number of aryl methyl sites for hydroxylation is 1. The Bertz CT molecular complexity index is 1170. The number of hydrogen-bond donors (Lipinski definition) is 0. The highest BCUT2D eigenvalue weighted by atomic mass is 16.1. The van der Waals surface area contributed by atoms with Gasteiger partial charge in [-0.2, -0.15) is 0 Å². The number of nitrogens with zero attached hydrogens (tertiary/aromatic N) is 5. The minimum Gasteiger partial charge on any atom is -0.312 e. The molecule has 6 heteroatoms. The summed E-state index contributed by atoms with van der Waals surface area (Å²) in [6.07, 6.45) is 7.41. The molecule has 0 spiro atoms. The second-order valence-corrected chi connectivity index (χ2v) is 6.89. The first-order chi connectivity index (χ1) is 12.2. The maximum atomic E-state index is 13.2. The van der Waals surface area contributed by atoms with Crippen molar-refractivity contribution in [3.8, 4) is 0 Å². The second kappa shape index (κ2) is 5.37. The Morgan fingerprint density at radius 1 is 1.00 bits per heavy atom. The first kappa shape index (κ1) is 14.6.